The minimum atomic E-state index is -0.577. The number of Topliss-reactive ketones (excluding diaryl/α,β-unsaturated/α-hetero) is 1. The molecule has 0 saturated heterocycles. The fourth-order valence-corrected chi connectivity index (χ4v) is 2.97. The molecule has 1 atom stereocenters. The van der Waals surface area contributed by atoms with E-state index in [1.165, 1.54) is 12.3 Å². The molecule has 0 saturated carbocycles. The van der Waals surface area contributed by atoms with Gasteiger partial charge in [0.2, 0.25) is 0 Å². The van der Waals surface area contributed by atoms with Crippen molar-refractivity contribution in [3.05, 3.63) is 43.6 Å². The highest BCUT2D eigenvalue weighted by Crippen LogP contribution is 2.31. The fourth-order valence-electron chi connectivity index (χ4n) is 1.68. The van der Waals surface area contributed by atoms with Crippen LogP contribution in [0.2, 0.25) is 10.0 Å². The zero-order valence-electron chi connectivity index (χ0n) is 9.04. The van der Waals surface area contributed by atoms with E-state index < -0.39 is 6.04 Å². The molecule has 1 aliphatic rings. The summed E-state index contributed by atoms with van der Waals surface area (Å²) in [5.41, 5.74) is 0.366. The summed E-state index contributed by atoms with van der Waals surface area (Å²) in [5, 5.41) is 3.43. The molecule has 0 bridgehead atoms. The van der Waals surface area contributed by atoms with Gasteiger partial charge in [-0.15, -0.1) is 0 Å². The smallest absolute Gasteiger partial charge is 0.188 e. The molecule has 0 aromatic heterocycles. The number of ketones is 2. The quantitative estimate of drug-likeness (QED) is 0.475. The SMILES string of the molecule is O=C1C=CNC(C(=O)c2c(I)ccc(Cl)c2Cl)C1. The topological polar surface area (TPSA) is 46.2 Å². The summed E-state index contributed by atoms with van der Waals surface area (Å²) in [5.74, 6) is -0.301. The predicted octanol–water partition coefficient (Wildman–Crippen LogP) is 3.23. The molecule has 1 heterocycles. The average Bonchev–Trinajstić information content (AvgIpc) is 2.34. The molecule has 0 radical (unpaired) electrons. The van der Waals surface area contributed by atoms with E-state index in [0.29, 0.717) is 10.6 Å². The van der Waals surface area contributed by atoms with Gasteiger partial charge in [0.1, 0.15) is 0 Å². The van der Waals surface area contributed by atoms with E-state index in [9.17, 15) is 9.59 Å². The number of allylic oxidation sites excluding steroid dienone is 1. The highest BCUT2D eigenvalue weighted by atomic mass is 127. The molecule has 0 spiro atoms. The van der Waals surface area contributed by atoms with Crippen molar-refractivity contribution in [3.63, 3.8) is 0 Å². The Kier molecular flexibility index (Phi) is 4.29. The van der Waals surface area contributed by atoms with Gasteiger partial charge in [0.05, 0.1) is 21.7 Å². The van der Waals surface area contributed by atoms with Gasteiger partial charge in [-0.3, -0.25) is 9.59 Å². The van der Waals surface area contributed by atoms with Crippen LogP contribution in [0.15, 0.2) is 24.4 Å². The molecular weight excluding hydrogens is 388 g/mol. The molecule has 0 amide bonds. The maximum atomic E-state index is 12.3. The lowest BCUT2D eigenvalue weighted by Gasteiger charge is -2.19. The number of rotatable bonds is 2. The largest absolute Gasteiger partial charge is 0.380 e. The number of benzene rings is 1. The molecule has 1 aliphatic heterocycles. The van der Waals surface area contributed by atoms with Crippen molar-refractivity contribution in [1.82, 2.24) is 5.32 Å². The molecule has 6 heteroatoms. The number of carbonyl (C=O) groups excluding carboxylic acids is 2. The number of halogens is 3. The van der Waals surface area contributed by atoms with Gasteiger partial charge in [-0.05, 0) is 40.8 Å². The molecule has 1 aromatic carbocycles. The van der Waals surface area contributed by atoms with Gasteiger partial charge in [-0.25, -0.2) is 0 Å². The first kappa shape index (κ1) is 13.8. The van der Waals surface area contributed by atoms with Gasteiger partial charge in [0.15, 0.2) is 11.6 Å². The highest BCUT2D eigenvalue weighted by molar-refractivity contribution is 14.1. The number of carbonyl (C=O) groups is 2. The zero-order valence-corrected chi connectivity index (χ0v) is 12.7. The molecule has 2 rings (SSSR count). The summed E-state index contributed by atoms with van der Waals surface area (Å²) < 4.78 is 0.718. The molecule has 1 aromatic rings. The van der Waals surface area contributed by atoms with E-state index in [1.54, 1.807) is 12.1 Å². The first-order valence-corrected chi connectivity index (χ1v) is 6.97. The van der Waals surface area contributed by atoms with E-state index >= 15 is 0 Å². The Morgan fingerprint density at radius 3 is 2.78 bits per heavy atom. The molecule has 94 valence electrons. The molecule has 1 unspecified atom stereocenters. The van der Waals surface area contributed by atoms with Crippen molar-refractivity contribution in [2.24, 2.45) is 0 Å². The minimum absolute atomic E-state index is 0.0831. The van der Waals surface area contributed by atoms with Crippen LogP contribution in [0.4, 0.5) is 0 Å². The Hall–Kier alpha value is -0.590. The number of hydrogen-bond donors (Lipinski definition) is 1. The van der Waals surface area contributed by atoms with Gasteiger partial charge in [-0.2, -0.15) is 0 Å². The third-order valence-corrected chi connectivity index (χ3v) is 4.28. The van der Waals surface area contributed by atoms with Crippen molar-refractivity contribution in [1.29, 1.82) is 0 Å². The predicted molar refractivity (Wildman–Crippen MR) is 79.2 cm³/mol. The Bertz CT molecular complexity index is 557. The summed E-state index contributed by atoms with van der Waals surface area (Å²) in [6.07, 6.45) is 3.03. The van der Waals surface area contributed by atoms with Gasteiger partial charge in [-0.1, -0.05) is 23.2 Å². The minimum Gasteiger partial charge on any atom is -0.380 e. The normalized spacial score (nSPS) is 18.6. The van der Waals surface area contributed by atoms with E-state index in [0.717, 1.165) is 3.57 Å². The Morgan fingerprint density at radius 1 is 1.39 bits per heavy atom. The fraction of sp³-hybridized carbons (Fsp3) is 0.167. The molecular formula is C12H8Cl2INO2. The summed E-state index contributed by atoms with van der Waals surface area (Å²) in [6, 6.07) is 2.79. The van der Waals surface area contributed by atoms with Gasteiger partial charge in [0, 0.05) is 16.2 Å². The maximum Gasteiger partial charge on any atom is 0.188 e. The lowest BCUT2D eigenvalue weighted by atomic mass is 9.98. The van der Waals surface area contributed by atoms with Crippen molar-refractivity contribution >= 4 is 57.4 Å². The molecule has 0 aliphatic carbocycles. The van der Waals surface area contributed by atoms with Crippen LogP contribution in [0, 0.1) is 3.57 Å². The van der Waals surface area contributed by atoms with Crippen molar-refractivity contribution < 1.29 is 9.59 Å². The number of nitrogens with one attached hydrogen (secondary N) is 1. The second-order valence-electron chi connectivity index (χ2n) is 3.81. The number of hydrogen-bond acceptors (Lipinski definition) is 3. The first-order chi connectivity index (χ1) is 8.50. The summed E-state index contributed by atoms with van der Waals surface area (Å²) in [7, 11) is 0. The molecule has 3 nitrogen and oxygen atoms in total. The zero-order chi connectivity index (χ0) is 13.3. The molecule has 18 heavy (non-hydrogen) atoms. The summed E-state index contributed by atoms with van der Waals surface area (Å²) in [6.45, 7) is 0. The van der Waals surface area contributed by atoms with Crippen LogP contribution < -0.4 is 5.32 Å². The van der Waals surface area contributed by atoms with Crippen LogP contribution in [-0.4, -0.2) is 17.6 Å². The second kappa shape index (κ2) is 5.59. The van der Waals surface area contributed by atoms with Crippen LogP contribution in [0.3, 0.4) is 0 Å². The second-order valence-corrected chi connectivity index (χ2v) is 5.75. The van der Waals surface area contributed by atoms with E-state index in [2.05, 4.69) is 5.32 Å². The molecule has 1 N–H and O–H groups in total. The van der Waals surface area contributed by atoms with Crippen molar-refractivity contribution in [2.75, 3.05) is 0 Å². The van der Waals surface area contributed by atoms with E-state index in [-0.39, 0.29) is 23.0 Å². The third-order valence-electron chi connectivity index (χ3n) is 2.58. The van der Waals surface area contributed by atoms with Crippen LogP contribution in [0.25, 0.3) is 0 Å². The monoisotopic (exact) mass is 395 g/mol. The maximum absolute atomic E-state index is 12.3. The first-order valence-electron chi connectivity index (χ1n) is 5.14. The van der Waals surface area contributed by atoms with Crippen molar-refractivity contribution in [3.8, 4) is 0 Å². The van der Waals surface area contributed by atoms with Crippen LogP contribution in [-0.2, 0) is 4.79 Å². The lowest BCUT2D eigenvalue weighted by molar-refractivity contribution is -0.115. The summed E-state index contributed by atoms with van der Waals surface area (Å²) >= 11 is 14.0. The van der Waals surface area contributed by atoms with Gasteiger partial charge in [0.25, 0.3) is 0 Å². The van der Waals surface area contributed by atoms with E-state index in [4.69, 9.17) is 23.2 Å². The lowest BCUT2D eigenvalue weighted by Crippen LogP contribution is -2.38. The Labute approximate surface area is 128 Å². The van der Waals surface area contributed by atoms with Crippen molar-refractivity contribution in [2.45, 2.75) is 12.5 Å². The Morgan fingerprint density at radius 2 is 2.11 bits per heavy atom. The standard InChI is InChI=1S/C12H8Cl2INO2/c13-7-1-2-8(15)10(11(7)14)12(18)9-5-6(17)3-4-16-9/h1-4,9,16H,5H2. The third kappa shape index (κ3) is 2.70. The average molecular weight is 396 g/mol. The summed E-state index contributed by atoms with van der Waals surface area (Å²) in [4.78, 5) is 23.6. The van der Waals surface area contributed by atoms with Crippen LogP contribution >= 0.6 is 45.8 Å². The highest BCUT2D eigenvalue weighted by Gasteiger charge is 2.27. The van der Waals surface area contributed by atoms with Gasteiger partial charge < -0.3 is 5.32 Å². The Balaban J connectivity index is 2.37. The molecule has 0 fully saturated rings. The van der Waals surface area contributed by atoms with Crippen LogP contribution in [0.5, 0.6) is 0 Å². The van der Waals surface area contributed by atoms with Crippen LogP contribution in [0.1, 0.15) is 16.8 Å². The van der Waals surface area contributed by atoms with Gasteiger partial charge >= 0.3 is 0 Å². The van der Waals surface area contributed by atoms with E-state index in [1.807, 2.05) is 22.6 Å².